The van der Waals surface area contributed by atoms with Crippen LogP contribution in [0.25, 0.3) is 0 Å². The Morgan fingerprint density at radius 1 is 0.386 bits per heavy atom. The maximum absolute atomic E-state index is 12.4. The molecule has 0 aliphatic heterocycles. The van der Waals surface area contributed by atoms with Crippen LogP contribution in [0.3, 0.4) is 0 Å². The van der Waals surface area contributed by atoms with Gasteiger partial charge in [0.2, 0.25) is 5.91 Å². The summed E-state index contributed by atoms with van der Waals surface area (Å²) in [5.74, 6) is 0.130. The summed E-state index contributed by atoms with van der Waals surface area (Å²) in [6.45, 7) is 10.2. The van der Waals surface area contributed by atoms with E-state index in [1.165, 1.54) is 186 Å². The molecule has 2 amide bonds. The van der Waals surface area contributed by atoms with Gasteiger partial charge in [-0.3, -0.25) is 4.79 Å². The number of nitrogens with one attached hydrogen (secondary N) is 2. The van der Waals surface area contributed by atoms with Crippen LogP contribution in [-0.4, -0.2) is 57.6 Å². The Balaban J connectivity index is 4.11. The molecule has 7 nitrogen and oxygen atoms in total. The first-order valence-corrected chi connectivity index (χ1v) is 25.5. The first-order valence-electron chi connectivity index (χ1n) is 25.5. The Morgan fingerprint density at radius 3 is 1.19 bits per heavy atom. The zero-order valence-electron chi connectivity index (χ0n) is 38.7. The third kappa shape index (κ3) is 47.2. The van der Waals surface area contributed by atoms with Crippen molar-refractivity contribution in [1.29, 1.82) is 0 Å². The van der Waals surface area contributed by atoms with E-state index in [4.69, 9.17) is 14.2 Å². The van der Waals surface area contributed by atoms with Crippen LogP contribution in [-0.2, 0) is 19.0 Å². The molecule has 0 bridgehead atoms. The van der Waals surface area contributed by atoms with E-state index >= 15 is 0 Å². The van der Waals surface area contributed by atoms with Gasteiger partial charge in [0.15, 0.2) is 0 Å². The molecule has 0 rings (SSSR count). The molecule has 7 heteroatoms. The third-order valence-electron chi connectivity index (χ3n) is 11.4. The van der Waals surface area contributed by atoms with Gasteiger partial charge < -0.3 is 24.8 Å². The Hall–Kier alpha value is -1.34. The molecule has 0 aromatic rings. The second-order valence-corrected chi connectivity index (χ2v) is 17.2. The van der Waals surface area contributed by atoms with E-state index in [9.17, 15) is 9.59 Å². The van der Waals surface area contributed by atoms with Crippen molar-refractivity contribution in [3.8, 4) is 0 Å². The predicted octanol–water partition coefficient (Wildman–Crippen LogP) is 15.1. The number of ether oxygens (including phenoxy) is 3. The molecule has 0 aliphatic carbocycles. The average Bonchev–Trinajstić information content (AvgIpc) is 3.21. The molecule has 0 heterocycles. The van der Waals surface area contributed by atoms with Crippen molar-refractivity contribution >= 4 is 12.0 Å². The van der Waals surface area contributed by atoms with Crippen LogP contribution >= 0.6 is 0 Å². The number of carbonyl (C=O) groups excluding carboxylic acids is 2. The van der Waals surface area contributed by atoms with E-state index in [-0.39, 0.29) is 18.6 Å². The standard InChI is InChI=1S/C50H100N2O5/c1-4-7-10-12-14-16-18-20-22-24-26-28-30-32-34-40-45-56-48(47-57-50(54)52-43-38-35-36-41-49(53)51-42-37-9-6-3)46-55-44-39-33-31-29-27-25-23-21-19-17-15-13-11-8-5-2/h48H,4-47H2,1-3H3,(H,51,53)(H,52,54). The van der Waals surface area contributed by atoms with E-state index in [0.29, 0.717) is 26.2 Å². The second-order valence-electron chi connectivity index (χ2n) is 17.2. The fourth-order valence-corrected chi connectivity index (χ4v) is 7.52. The van der Waals surface area contributed by atoms with E-state index in [1.807, 2.05) is 0 Å². The highest BCUT2D eigenvalue weighted by molar-refractivity contribution is 5.75. The van der Waals surface area contributed by atoms with Crippen molar-refractivity contribution in [3.05, 3.63) is 0 Å². The van der Waals surface area contributed by atoms with Crippen LogP contribution in [0.15, 0.2) is 0 Å². The highest BCUT2D eigenvalue weighted by Crippen LogP contribution is 2.15. The third-order valence-corrected chi connectivity index (χ3v) is 11.4. The molecular weight excluding hydrogens is 709 g/mol. The molecule has 340 valence electrons. The fraction of sp³-hybridized carbons (Fsp3) is 0.960. The lowest BCUT2D eigenvalue weighted by Gasteiger charge is -2.18. The molecule has 0 radical (unpaired) electrons. The Kier molecular flexibility index (Phi) is 47.9. The van der Waals surface area contributed by atoms with Crippen molar-refractivity contribution in [2.24, 2.45) is 0 Å². The Morgan fingerprint density at radius 2 is 0.737 bits per heavy atom. The van der Waals surface area contributed by atoms with Crippen molar-refractivity contribution < 1.29 is 23.8 Å². The molecule has 0 aliphatic rings. The quantitative estimate of drug-likeness (QED) is 0.0598. The number of carbonyl (C=O) groups is 2. The Bertz CT molecular complexity index is 759. The predicted molar refractivity (Wildman–Crippen MR) is 245 cm³/mol. The molecule has 1 atom stereocenters. The van der Waals surface area contributed by atoms with Crippen molar-refractivity contribution in [2.45, 2.75) is 271 Å². The number of rotatable bonds is 48. The van der Waals surface area contributed by atoms with Crippen LogP contribution in [0.1, 0.15) is 265 Å². The summed E-state index contributed by atoms with van der Waals surface area (Å²) in [6.07, 6.45) is 47.8. The minimum Gasteiger partial charge on any atom is -0.447 e. The van der Waals surface area contributed by atoms with Crippen LogP contribution < -0.4 is 10.6 Å². The normalized spacial score (nSPS) is 11.9. The smallest absolute Gasteiger partial charge is 0.407 e. The van der Waals surface area contributed by atoms with Gasteiger partial charge in [-0.2, -0.15) is 0 Å². The molecular formula is C50H100N2O5. The summed E-state index contributed by atoms with van der Waals surface area (Å²) in [7, 11) is 0. The lowest BCUT2D eigenvalue weighted by atomic mass is 10.0. The molecule has 1 unspecified atom stereocenters. The van der Waals surface area contributed by atoms with Gasteiger partial charge in [-0.15, -0.1) is 0 Å². The van der Waals surface area contributed by atoms with Gasteiger partial charge >= 0.3 is 6.09 Å². The van der Waals surface area contributed by atoms with Gasteiger partial charge in [-0.25, -0.2) is 4.79 Å². The van der Waals surface area contributed by atoms with Gasteiger partial charge in [0.1, 0.15) is 12.7 Å². The molecule has 0 fully saturated rings. The summed E-state index contributed by atoms with van der Waals surface area (Å²) in [6, 6.07) is 0. The maximum Gasteiger partial charge on any atom is 0.407 e. The molecule has 0 saturated heterocycles. The average molecular weight is 809 g/mol. The minimum absolute atomic E-state index is 0.130. The zero-order chi connectivity index (χ0) is 41.4. The van der Waals surface area contributed by atoms with Crippen molar-refractivity contribution in [1.82, 2.24) is 10.6 Å². The molecule has 0 aromatic carbocycles. The van der Waals surface area contributed by atoms with E-state index in [1.54, 1.807) is 0 Å². The summed E-state index contributed by atoms with van der Waals surface area (Å²) in [5.41, 5.74) is 0. The molecule has 0 saturated carbocycles. The van der Waals surface area contributed by atoms with Crippen LogP contribution in [0.2, 0.25) is 0 Å². The van der Waals surface area contributed by atoms with Crippen molar-refractivity contribution in [2.75, 3.05) is 39.5 Å². The topological polar surface area (TPSA) is 85.9 Å². The molecule has 0 spiro atoms. The van der Waals surface area contributed by atoms with Gasteiger partial charge in [-0.05, 0) is 32.1 Å². The first kappa shape index (κ1) is 55.7. The highest BCUT2D eigenvalue weighted by atomic mass is 16.6. The number of amides is 2. The van der Waals surface area contributed by atoms with Gasteiger partial charge in [0.05, 0.1) is 6.61 Å². The number of alkyl carbamates (subject to hydrolysis) is 1. The highest BCUT2D eigenvalue weighted by Gasteiger charge is 2.13. The molecule has 57 heavy (non-hydrogen) atoms. The summed E-state index contributed by atoms with van der Waals surface area (Å²) >= 11 is 0. The second kappa shape index (κ2) is 49.0. The molecule has 0 aromatic heterocycles. The summed E-state index contributed by atoms with van der Waals surface area (Å²) in [4.78, 5) is 24.4. The minimum atomic E-state index is -0.401. The summed E-state index contributed by atoms with van der Waals surface area (Å²) < 4.78 is 17.8. The maximum atomic E-state index is 12.4. The van der Waals surface area contributed by atoms with E-state index < -0.39 is 6.09 Å². The first-order chi connectivity index (χ1) is 28.1. The largest absolute Gasteiger partial charge is 0.447 e. The van der Waals surface area contributed by atoms with Crippen LogP contribution in [0, 0.1) is 0 Å². The van der Waals surface area contributed by atoms with Crippen molar-refractivity contribution in [3.63, 3.8) is 0 Å². The number of hydrogen-bond acceptors (Lipinski definition) is 5. The zero-order valence-corrected chi connectivity index (χ0v) is 38.7. The van der Waals surface area contributed by atoms with Gasteiger partial charge in [0, 0.05) is 32.7 Å². The Labute approximate surface area is 355 Å². The van der Waals surface area contributed by atoms with Gasteiger partial charge in [0.25, 0.3) is 0 Å². The lowest BCUT2D eigenvalue weighted by Crippen LogP contribution is -2.32. The van der Waals surface area contributed by atoms with Crippen LogP contribution in [0.5, 0.6) is 0 Å². The fourth-order valence-electron chi connectivity index (χ4n) is 7.52. The van der Waals surface area contributed by atoms with Gasteiger partial charge in [-0.1, -0.05) is 226 Å². The molecule has 2 N–H and O–H groups in total. The van der Waals surface area contributed by atoms with E-state index in [2.05, 4.69) is 31.4 Å². The lowest BCUT2D eigenvalue weighted by molar-refractivity contribution is -0.121. The SMILES string of the molecule is CCCCCCCCCCCCCCCCCCOC(COCCCCCCCCCCCCCCCCC)COC(=O)NCCCCCC(=O)NCCCCC. The van der Waals surface area contributed by atoms with E-state index in [0.717, 1.165) is 64.5 Å². The number of unbranched alkanes of at least 4 members (excludes halogenated alkanes) is 33. The summed E-state index contributed by atoms with van der Waals surface area (Å²) in [5, 5.41) is 5.86. The number of hydrogen-bond donors (Lipinski definition) is 2. The monoisotopic (exact) mass is 809 g/mol. The van der Waals surface area contributed by atoms with Crippen LogP contribution in [0.4, 0.5) is 4.79 Å².